The Morgan fingerprint density at radius 3 is 2.74 bits per heavy atom. The number of anilines is 1. The monoisotopic (exact) mass is 342 g/mol. The van der Waals surface area contributed by atoms with Crippen molar-refractivity contribution in [3.8, 4) is 0 Å². The number of hydrogen-bond acceptors (Lipinski definition) is 3. The van der Waals surface area contributed by atoms with E-state index in [1.165, 1.54) is 23.4 Å². The van der Waals surface area contributed by atoms with Crippen LogP contribution in [-0.2, 0) is 0 Å². The fourth-order valence-electron chi connectivity index (χ4n) is 2.36. The standard InChI is InChI=1S/C15H23BrN2S/c1-11(17)13-5-4-12(10-14(13)16)18-7-6-15(2,3)19-9-8-18/h4-5,10-11H,6-9,17H2,1-3H3/t11-/m0/s1. The van der Waals surface area contributed by atoms with E-state index in [0.717, 1.165) is 17.6 Å². The molecule has 1 aromatic carbocycles. The molecule has 2 nitrogen and oxygen atoms in total. The summed E-state index contributed by atoms with van der Waals surface area (Å²) in [6.45, 7) is 8.96. The highest BCUT2D eigenvalue weighted by molar-refractivity contribution is 9.10. The van der Waals surface area contributed by atoms with Gasteiger partial charge in [-0.25, -0.2) is 0 Å². The Kier molecular flexibility index (Phi) is 4.85. The molecule has 19 heavy (non-hydrogen) atoms. The minimum absolute atomic E-state index is 0.0713. The van der Waals surface area contributed by atoms with Crippen LogP contribution in [0.1, 0.15) is 38.8 Å². The highest BCUT2D eigenvalue weighted by Crippen LogP contribution is 2.33. The molecule has 0 amide bonds. The zero-order valence-electron chi connectivity index (χ0n) is 11.9. The second-order valence-electron chi connectivity index (χ2n) is 5.84. The van der Waals surface area contributed by atoms with E-state index in [-0.39, 0.29) is 6.04 Å². The molecular weight excluding hydrogens is 320 g/mol. The number of hydrogen-bond donors (Lipinski definition) is 1. The lowest BCUT2D eigenvalue weighted by Gasteiger charge is -2.25. The van der Waals surface area contributed by atoms with Crippen molar-refractivity contribution < 1.29 is 0 Å². The van der Waals surface area contributed by atoms with Gasteiger partial charge in [0, 0.05) is 39.8 Å². The lowest BCUT2D eigenvalue weighted by atomic mass is 10.1. The maximum absolute atomic E-state index is 5.96. The molecule has 0 saturated carbocycles. The highest BCUT2D eigenvalue weighted by atomic mass is 79.9. The number of halogens is 1. The SMILES string of the molecule is C[C@H](N)c1ccc(N2CCSC(C)(C)CC2)cc1Br. The fourth-order valence-corrected chi connectivity index (χ4v) is 4.19. The van der Waals surface area contributed by atoms with Gasteiger partial charge in [0.1, 0.15) is 0 Å². The predicted octanol–water partition coefficient (Wildman–Crippen LogP) is 4.19. The van der Waals surface area contributed by atoms with E-state index in [2.05, 4.69) is 64.6 Å². The first-order valence-corrected chi connectivity index (χ1v) is 8.61. The van der Waals surface area contributed by atoms with E-state index in [1.807, 2.05) is 6.92 Å². The van der Waals surface area contributed by atoms with E-state index >= 15 is 0 Å². The minimum Gasteiger partial charge on any atom is -0.371 e. The summed E-state index contributed by atoms with van der Waals surface area (Å²) < 4.78 is 1.52. The fraction of sp³-hybridized carbons (Fsp3) is 0.600. The van der Waals surface area contributed by atoms with Gasteiger partial charge in [-0.3, -0.25) is 0 Å². The normalized spacial score (nSPS) is 21.0. The third-order valence-electron chi connectivity index (χ3n) is 3.68. The van der Waals surface area contributed by atoms with Crippen LogP contribution in [0.3, 0.4) is 0 Å². The van der Waals surface area contributed by atoms with Crippen LogP contribution >= 0.6 is 27.7 Å². The smallest absolute Gasteiger partial charge is 0.0378 e. The van der Waals surface area contributed by atoms with Crippen molar-refractivity contribution in [1.29, 1.82) is 0 Å². The van der Waals surface area contributed by atoms with Crippen molar-refractivity contribution in [3.63, 3.8) is 0 Å². The van der Waals surface area contributed by atoms with Gasteiger partial charge in [0.05, 0.1) is 0 Å². The molecule has 1 atom stereocenters. The summed E-state index contributed by atoms with van der Waals surface area (Å²) in [5.41, 5.74) is 8.43. The summed E-state index contributed by atoms with van der Waals surface area (Å²) in [7, 11) is 0. The molecule has 0 bridgehead atoms. The van der Waals surface area contributed by atoms with Crippen molar-refractivity contribution >= 4 is 33.4 Å². The number of thioether (sulfide) groups is 1. The van der Waals surface area contributed by atoms with Crippen LogP contribution in [0.2, 0.25) is 0 Å². The van der Waals surface area contributed by atoms with Gasteiger partial charge in [-0.2, -0.15) is 11.8 Å². The second-order valence-corrected chi connectivity index (χ2v) is 8.50. The lowest BCUT2D eigenvalue weighted by Crippen LogP contribution is -2.27. The molecule has 0 aliphatic carbocycles. The molecule has 1 aliphatic heterocycles. The molecule has 1 aliphatic rings. The Labute approximate surface area is 129 Å². The van der Waals surface area contributed by atoms with Crippen molar-refractivity contribution in [2.45, 2.75) is 38.0 Å². The van der Waals surface area contributed by atoms with E-state index in [4.69, 9.17) is 5.73 Å². The number of rotatable bonds is 2. The Hall–Kier alpha value is -0.190. The molecule has 0 aromatic heterocycles. The van der Waals surface area contributed by atoms with E-state index in [1.54, 1.807) is 0 Å². The molecule has 2 rings (SSSR count). The van der Waals surface area contributed by atoms with Crippen LogP contribution in [-0.4, -0.2) is 23.6 Å². The van der Waals surface area contributed by atoms with Crippen molar-refractivity contribution in [2.75, 3.05) is 23.7 Å². The first-order valence-electron chi connectivity index (χ1n) is 6.83. The Balaban J connectivity index is 2.16. The maximum Gasteiger partial charge on any atom is 0.0378 e. The molecule has 1 fully saturated rings. The zero-order valence-corrected chi connectivity index (χ0v) is 14.4. The molecule has 0 radical (unpaired) electrons. The van der Waals surface area contributed by atoms with Crippen LogP contribution in [0.4, 0.5) is 5.69 Å². The summed E-state index contributed by atoms with van der Waals surface area (Å²) in [6.07, 6.45) is 1.23. The first-order chi connectivity index (χ1) is 8.89. The molecule has 2 N–H and O–H groups in total. The van der Waals surface area contributed by atoms with Gasteiger partial charge in [0.15, 0.2) is 0 Å². The average molecular weight is 343 g/mol. The molecule has 0 unspecified atom stereocenters. The third-order valence-corrected chi connectivity index (χ3v) is 5.74. The Morgan fingerprint density at radius 1 is 1.37 bits per heavy atom. The van der Waals surface area contributed by atoms with Crippen LogP contribution in [0, 0.1) is 0 Å². The number of nitrogens with two attached hydrogens (primary N) is 1. The van der Waals surface area contributed by atoms with Gasteiger partial charge in [0.25, 0.3) is 0 Å². The minimum atomic E-state index is 0.0713. The van der Waals surface area contributed by atoms with Crippen LogP contribution < -0.4 is 10.6 Å². The van der Waals surface area contributed by atoms with Crippen molar-refractivity contribution in [3.05, 3.63) is 28.2 Å². The van der Waals surface area contributed by atoms with Gasteiger partial charge in [-0.15, -0.1) is 0 Å². The summed E-state index contributed by atoms with van der Waals surface area (Å²) in [5.74, 6) is 1.19. The van der Waals surface area contributed by atoms with Crippen LogP contribution in [0.5, 0.6) is 0 Å². The number of nitrogens with zero attached hydrogens (tertiary/aromatic N) is 1. The van der Waals surface area contributed by atoms with Gasteiger partial charge in [-0.05, 0) is 31.0 Å². The van der Waals surface area contributed by atoms with Gasteiger partial charge < -0.3 is 10.6 Å². The Morgan fingerprint density at radius 2 is 2.11 bits per heavy atom. The second kappa shape index (κ2) is 6.06. The molecule has 1 heterocycles. The quantitative estimate of drug-likeness (QED) is 0.873. The van der Waals surface area contributed by atoms with E-state index in [9.17, 15) is 0 Å². The van der Waals surface area contributed by atoms with E-state index in [0.29, 0.717) is 4.75 Å². The summed E-state index contributed by atoms with van der Waals surface area (Å²) in [5, 5.41) is 0. The molecule has 1 saturated heterocycles. The first kappa shape index (κ1) is 15.2. The predicted molar refractivity (Wildman–Crippen MR) is 90.1 cm³/mol. The summed E-state index contributed by atoms with van der Waals surface area (Å²) >= 11 is 5.72. The number of benzene rings is 1. The van der Waals surface area contributed by atoms with E-state index < -0.39 is 0 Å². The summed E-state index contributed by atoms with van der Waals surface area (Å²) in [6, 6.07) is 6.63. The zero-order chi connectivity index (χ0) is 14.0. The molecule has 1 aromatic rings. The van der Waals surface area contributed by atoms with Gasteiger partial charge in [0.2, 0.25) is 0 Å². The molecule has 106 valence electrons. The average Bonchev–Trinajstić information content (AvgIpc) is 2.49. The highest BCUT2D eigenvalue weighted by Gasteiger charge is 2.24. The molecular formula is C15H23BrN2S. The maximum atomic E-state index is 5.96. The van der Waals surface area contributed by atoms with Crippen LogP contribution in [0.25, 0.3) is 0 Å². The summed E-state index contributed by atoms with van der Waals surface area (Å²) in [4.78, 5) is 2.48. The van der Waals surface area contributed by atoms with Gasteiger partial charge >= 0.3 is 0 Å². The lowest BCUT2D eigenvalue weighted by molar-refractivity contribution is 0.637. The Bertz CT molecular complexity index is 446. The van der Waals surface area contributed by atoms with Crippen molar-refractivity contribution in [1.82, 2.24) is 0 Å². The largest absolute Gasteiger partial charge is 0.371 e. The molecule has 0 spiro atoms. The van der Waals surface area contributed by atoms with Gasteiger partial charge in [-0.1, -0.05) is 35.8 Å². The topological polar surface area (TPSA) is 29.3 Å². The van der Waals surface area contributed by atoms with Crippen molar-refractivity contribution in [2.24, 2.45) is 5.73 Å². The van der Waals surface area contributed by atoms with Crippen LogP contribution in [0.15, 0.2) is 22.7 Å². The molecule has 4 heteroatoms. The third kappa shape index (κ3) is 3.89.